The molecule has 6 rings (SSSR count). The van der Waals surface area contributed by atoms with Crippen LogP contribution in [0.1, 0.15) is 24.8 Å². The number of rotatable bonds is 5. The zero-order chi connectivity index (χ0) is 25.2. The minimum atomic E-state index is -4.16. The van der Waals surface area contributed by atoms with Crippen LogP contribution in [-0.4, -0.2) is 48.5 Å². The third-order valence-corrected chi connectivity index (χ3v) is 10.7. The Labute approximate surface area is 211 Å². The van der Waals surface area contributed by atoms with Crippen molar-refractivity contribution in [2.24, 2.45) is 33.2 Å². The predicted molar refractivity (Wildman–Crippen MR) is 131 cm³/mol. The highest BCUT2D eigenvalue weighted by atomic mass is 32.2. The number of carbonyl (C=O) groups is 1. The number of aliphatic hydroxyl groups excluding tert-OH is 1. The summed E-state index contributed by atoms with van der Waals surface area (Å²) in [6.45, 7) is 0.205. The molecule has 188 valence electrons. The molecule has 1 aromatic carbocycles. The quantitative estimate of drug-likeness (QED) is 0.338. The van der Waals surface area contributed by atoms with E-state index >= 15 is 0 Å². The van der Waals surface area contributed by atoms with E-state index in [0.29, 0.717) is 10.8 Å². The van der Waals surface area contributed by atoms with Crippen molar-refractivity contribution in [3.63, 3.8) is 0 Å². The summed E-state index contributed by atoms with van der Waals surface area (Å²) >= 11 is 1.25. The van der Waals surface area contributed by atoms with Gasteiger partial charge in [0.05, 0.1) is 5.03 Å². The van der Waals surface area contributed by atoms with Crippen LogP contribution >= 0.6 is 11.8 Å². The van der Waals surface area contributed by atoms with Gasteiger partial charge < -0.3 is 15.3 Å². The Bertz CT molecular complexity index is 1400. The Balaban J connectivity index is 1.39. The average Bonchev–Trinajstić information content (AvgIpc) is 3.56. The highest BCUT2D eigenvalue weighted by Gasteiger charge is 2.57. The first-order valence-corrected chi connectivity index (χ1v) is 14.2. The number of benzene rings is 1. The molecule has 13 heteroatoms. The van der Waals surface area contributed by atoms with E-state index in [0.717, 1.165) is 24.8 Å². The van der Waals surface area contributed by atoms with Gasteiger partial charge in [0.1, 0.15) is 22.1 Å². The Morgan fingerprint density at radius 1 is 1.28 bits per heavy atom. The van der Waals surface area contributed by atoms with Crippen LogP contribution in [0.4, 0.5) is 4.39 Å². The lowest BCUT2D eigenvalue weighted by Crippen LogP contribution is -2.54. The molecule has 5 atom stereocenters. The molecule has 36 heavy (non-hydrogen) atoms. The maximum atomic E-state index is 13.9. The number of thioether (sulfide) groups is 1. The van der Waals surface area contributed by atoms with Gasteiger partial charge in [0.25, 0.3) is 15.9 Å². The van der Waals surface area contributed by atoms with Gasteiger partial charge in [-0.2, -0.15) is 8.42 Å². The molecule has 3 unspecified atom stereocenters. The molecule has 2 fully saturated rings. The van der Waals surface area contributed by atoms with Crippen molar-refractivity contribution in [1.82, 2.24) is 10.2 Å². The second-order valence-electron chi connectivity index (χ2n) is 9.82. The van der Waals surface area contributed by atoms with E-state index < -0.39 is 21.8 Å². The van der Waals surface area contributed by atoms with E-state index in [-0.39, 0.29) is 64.8 Å². The molecule has 3 aliphatic heterocycles. The predicted octanol–water partition coefficient (Wildman–Crippen LogP) is 3.57. The summed E-state index contributed by atoms with van der Waals surface area (Å²) < 4.78 is 43.7. The highest BCUT2D eigenvalue weighted by Crippen LogP contribution is 2.55. The molecule has 1 aromatic rings. The van der Waals surface area contributed by atoms with Gasteiger partial charge in [0.2, 0.25) is 0 Å². The molecule has 2 N–H and O–H groups in total. The zero-order valence-corrected chi connectivity index (χ0v) is 20.7. The number of nitrogens with zero attached hydrogens (tertiary/aromatic N) is 5. The number of halogens is 1. The van der Waals surface area contributed by atoms with E-state index in [2.05, 4.69) is 19.7 Å². The van der Waals surface area contributed by atoms with E-state index in [9.17, 15) is 22.7 Å². The molecule has 3 heterocycles. The number of hydrogen-bond acceptors (Lipinski definition) is 7. The summed E-state index contributed by atoms with van der Waals surface area (Å²) in [5, 5.41) is 18.2. The number of sulfonamides is 1. The number of amides is 1. The molecule has 2 aliphatic carbocycles. The van der Waals surface area contributed by atoms with E-state index in [1.165, 1.54) is 23.9 Å². The minimum absolute atomic E-state index is 0.0146. The van der Waals surface area contributed by atoms with Crippen molar-refractivity contribution < 1.29 is 22.7 Å². The molecule has 10 nitrogen and oxygen atoms in total. The molecule has 1 amide bonds. The van der Waals surface area contributed by atoms with Crippen LogP contribution in [0.25, 0.3) is 10.4 Å². The van der Waals surface area contributed by atoms with Crippen LogP contribution in [0.2, 0.25) is 0 Å². The number of hydrogen-bond donors (Lipinski definition) is 2. The fraction of sp³-hybridized carbons (Fsp3) is 0.478. The Morgan fingerprint density at radius 2 is 2.03 bits per heavy atom. The number of carbonyl (C=O) groups excluding carboxylic acids is 1. The summed E-state index contributed by atoms with van der Waals surface area (Å²) in [7, 11) is -4.16. The zero-order valence-electron chi connectivity index (χ0n) is 19.0. The van der Waals surface area contributed by atoms with Crippen LogP contribution in [0, 0.1) is 29.5 Å². The number of nitrogens with one attached hydrogen (secondary N) is 1. The number of azide groups is 1. The minimum Gasteiger partial charge on any atom is -0.511 e. The molecule has 2 saturated carbocycles. The molecular formula is C23H23FN6O4S2. The Hall–Kier alpha value is -3.02. The van der Waals surface area contributed by atoms with Crippen molar-refractivity contribution >= 4 is 33.5 Å². The van der Waals surface area contributed by atoms with Crippen molar-refractivity contribution in [2.75, 3.05) is 12.3 Å². The summed E-state index contributed by atoms with van der Waals surface area (Å²) in [5.74, 6) is -1.13. The fourth-order valence-corrected chi connectivity index (χ4v) is 9.51. The summed E-state index contributed by atoms with van der Waals surface area (Å²) in [6, 6.07) is 5.73. The molecule has 0 aromatic heterocycles. The second-order valence-corrected chi connectivity index (χ2v) is 12.4. The lowest BCUT2D eigenvalue weighted by molar-refractivity contribution is -0.134. The molecule has 0 saturated heterocycles. The molecule has 2 bridgehead atoms. The van der Waals surface area contributed by atoms with Gasteiger partial charge in [-0.3, -0.25) is 4.79 Å². The smallest absolute Gasteiger partial charge is 0.283 e. The molecule has 5 aliphatic rings. The molecule has 0 radical (unpaired) electrons. The van der Waals surface area contributed by atoms with Gasteiger partial charge in [-0.1, -0.05) is 17.2 Å². The average molecular weight is 531 g/mol. The van der Waals surface area contributed by atoms with E-state index in [4.69, 9.17) is 5.53 Å². The van der Waals surface area contributed by atoms with Gasteiger partial charge in [0.15, 0.2) is 5.84 Å². The summed E-state index contributed by atoms with van der Waals surface area (Å²) in [5.41, 5.74) is 9.26. The fourth-order valence-electron chi connectivity index (χ4n) is 6.46. The third kappa shape index (κ3) is 3.60. The van der Waals surface area contributed by atoms with Crippen LogP contribution < -0.4 is 5.32 Å². The van der Waals surface area contributed by atoms with Crippen molar-refractivity contribution in [1.29, 1.82) is 0 Å². The first kappa shape index (κ1) is 23.4. The van der Waals surface area contributed by atoms with Gasteiger partial charge >= 0.3 is 0 Å². The van der Waals surface area contributed by atoms with E-state index in [1.54, 1.807) is 17.0 Å². The van der Waals surface area contributed by atoms with Crippen LogP contribution in [0.5, 0.6) is 0 Å². The normalized spacial score (nSPS) is 32.1. The van der Waals surface area contributed by atoms with Gasteiger partial charge in [0, 0.05) is 41.6 Å². The third-order valence-electron chi connectivity index (χ3n) is 7.89. The van der Waals surface area contributed by atoms with Gasteiger partial charge in [-0.25, -0.2) is 4.39 Å². The lowest BCUT2D eigenvalue weighted by atomic mass is 9.77. The summed E-state index contributed by atoms with van der Waals surface area (Å²) in [4.78, 5) is 18.3. The van der Waals surface area contributed by atoms with Crippen molar-refractivity contribution in [3.05, 3.63) is 67.4 Å². The van der Waals surface area contributed by atoms with Crippen LogP contribution in [0.3, 0.4) is 0 Å². The topological polar surface area (TPSA) is 148 Å². The Morgan fingerprint density at radius 3 is 2.78 bits per heavy atom. The summed E-state index contributed by atoms with van der Waals surface area (Å²) in [6.07, 6.45) is 2.80. The largest absolute Gasteiger partial charge is 0.511 e. The monoisotopic (exact) mass is 530 g/mol. The molecular weight excluding hydrogens is 507 g/mol. The number of amidine groups is 1. The first-order chi connectivity index (χ1) is 17.3. The SMILES string of the molecule is [N-]=[N+]=NCC1CSC2=C1S(=O)(=O)N=C(C1=C(O)C3C([C@@H]4CC[C@H]3C4)N(Cc3ccc(F)cc3)C1=O)N2. The van der Waals surface area contributed by atoms with Crippen molar-refractivity contribution in [3.8, 4) is 0 Å². The van der Waals surface area contributed by atoms with E-state index in [1.807, 2.05) is 0 Å². The Kier molecular flexibility index (Phi) is 5.54. The van der Waals surface area contributed by atoms with Crippen molar-refractivity contribution in [2.45, 2.75) is 31.8 Å². The molecule has 0 spiro atoms. The maximum Gasteiger partial charge on any atom is 0.283 e. The number of aliphatic hydroxyl groups is 1. The standard InChI is InChI=1S/C23H23FN6O4S2/c24-15-5-1-11(2-6-15)9-30-18-13-4-3-12(7-13)16(18)19(31)17(23(30)32)21-27-22-20(36(33,34)28-21)14(10-35-22)8-26-29-25/h1-2,5-6,12-14,16,18,31H,3-4,7-10H2,(H,27,28)/t12-,13+,14?,16?,18?/m0/s1. The number of fused-ring (bicyclic) bond motifs is 5. The first-order valence-electron chi connectivity index (χ1n) is 11.8. The highest BCUT2D eigenvalue weighted by molar-refractivity contribution is 8.05. The van der Waals surface area contributed by atoms with Crippen LogP contribution in [0.15, 0.2) is 55.0 Å². The lowest BCUT2D eigenvalue weighted by Gasteiger charge is -2.44. The van der Waals surface area contributed by atoms with Crippen LogP contribution in [-0.2, 0) is 21.4 Å². The second kappa shape index (κ2) is 8.53. The van der Waals surface area contributed by atoms with Gasteiger partial charge in [-0.05, 0) is 54.3 Å². The van der Waals surface area contributed by atoms with Gasteiger partial charge in [-0.15, -0.1) is 16.2 Å². The maximum absolute atomic E-state index is 13.9.